The van der Waals surface area contributed by atoms with Crippen molar-refractivity contribution in [2.75, 3.05) is 38.0 Å². The van der Waals surface area contributed by atoms with Crippen LogP contribution in [0.2, 0.25) is 0 Å². The predicted molar refractivity (Wildman–Crippen MR) is 172 cm³/mol. The molecule has 8 bridgehead atoms. The molecule has 0 atom stereocenters. The number of hydrogen-bond acceptors (Lipinski definition) is 4. The second-order valence-electron chi connectivity index (χ2n) is 14.1. The van der Waals surface area contributed by atoms with Crippen LogP contribution in [0, 0.1) is 0 Å². The maximum Gasteiger partial charge on any atom is 0.417 e. The third-order valence-electron chi connectivity index (χ3n) is 9.37. The van der Waals surface area contributed by atoms with Crippen LogP contribution >= 0.6 is 0 Å². The van der Waals surface area contributed by atoms with Crippen LogP contribution in [0.25, 0.3) is 22.5 Å². The lowest BCUT2D eigenvalue weighted by molar-refractivity contribution is -0.145. The minimum atomic E-state index is -5.36. The lowest BCUT2D eigenvalue weighted by Gasteiger charge is -2.33. The van der Waals surface area contributed by atoms with E-state index in [1.165, 1.54) is 77.8 Å². The zero-order chi connectivity index (χ0) is 39.3. The van der Waals surface area contributed by atoms with Gasteiger partial charge in [-0.15, -0.1) is 0 Å². The molecular formula is C36H32F12N4. The summed E-state index contributed by atoms with van der Waals surface area (Å²) in [5, 5.41) is 0. The Bertz CT molecular complexity index is 1900. The molecule has 16 heteroatoms. The molecule has 2 aromatic heterocycles. The molecule has 0 spiro atoms. The fraction of sp³-hybridized carbons (Fsp3) is 0.389. The normalized spacial score (nSPS) is 15.6. The van der Waals surface area contributed by atoms with Crippen molar-refractivity contribution in [2.24, 2.45) is 0 Å². The van der Waals surface area contributed by atoms with Crippen molar-refractivity contribution in [3.63, 3.8) is 0 Å². The first-order valence-corrected chi connectivity index (χ1v) is 15.5. The summed E-state index contributed by atoms with van der Waals surface area (Å²) in [5.41, 5.74) is -15.1. The number of hydrogen-bond donors (Lipinski definition) is 0. The van der Waals surface area contributed by atoms with Crippen molar-refractivity contribution in [1.29, 1.82) is 0 Å². The van der Waals surface area contributed by atoms with Gasteiger partial charge in [-0.25, -0.2) is 0 Å². The molecule has 0 aliphatic carbocycles. The minimum absolute atomic E-state index is 0.0458. The Hall–Kier alpha value is -4.50. The molecule has 52 heavy (non-hydrogen) atoms. The molecule has 0 N–H and O–H groups in total. The van der Waals surface area contributed by atoms with Crippen molar-refractivity contribution >= 4 is 11.4 Å². The summed E-state index contributed by atoms with van der Waals surface area (Å²) < 4.78 is 177. The minimum Gasteiger partial charge on any atom is -0.378 e. The molecule has 280 valence electrons. The predicted octanol–water partition coefficient (Wildman–Crippen LogP) is 11.0. The number of rotatable bonds is 2. The summed E-state index contributed by atoms with van der Waals surface area (Å²) >= 11 is 0. The Balaban J connectivity index is 2.14. The van der Waals surface area contributed by atoms with Crippen molar-refractivity contribution in [3.8, 4) is 22.5 Å². The molecule has 4 nitrogen and oxygen atoms in total. The van der Waals surface area contributed by atoms with Crippen molar-refractivity contribution in [1.82, 2.24) is 9.97 Å². The molecule has 0 radical (unpaired) electrons. The van der Waals surface area contributed by atoms with Gasteiger partial charge in [-0.1, -0.05) is 27.7 Å². The molecule has 0 unspecified atom stereocenters. The van der Waals surface area contributed by atoms with E-state index in [-0.39, 0.29) is 34.9 Å². The van der Waals surface area contributed by atoms with Gasteiger partial charge in [0.1, 0.15) is 0 Å². The standard InChI is InChI=1S/C36H32F12N4/c1-31(2)23-13-19(21(33(37,38)39)15-25(23)35(43,44)45)28-10-18(52(7)8)12-30(50-28)32(3,4)24-14-20(27-9-17(51(5)6)11-29(31)49-27)22(34(40,41)42)16-26(24)36(46,47)48/h9-16H,1-8H3. The highest BCUT2D eigenvalue weighted by Gasteiger charge is 2.47. The van der Waals surface area contributed by atoms with E-state index in [9.17, 15) is 52.7 Å². The van der Waals surface area contributed by atoms with Gasteiger partial charge in [0.15, 0.2) is 0 Å². The number of halogens is 12. The van der Waals surface area contributed by atoms with Crippen LogP contribution in [-0.2, 0) is 35.5 Å². The molecule has 5 rings (SSSR count). The van der Waals surface area contributed by atoms with Crippen LogP contribution in [-0.4, -0.2) is 38.2 Å². The van der Waals surface area contributed by atoms with E-state index in [2.05, 4.69) is 9.97 Å². The highest BCUT2D eigenvalue weighted by Crippen LogP contribution is 2.51. The first-order valence-electron chi connectivity index (χ1n) is 15.5. The van der Waals surface area contributed by atoms with Crippen LogP contribution in [0.4, 0.5) is 64.1 Å². The number of alkyl halides is 12. The van der Waals surface area contributed by atoms with Gasteiger partial charge in [0.05, 0.1) is 45.0 Å². The number of nitrogens with zero attached hydrogens (tertiary/aromatic N) is 4. The molecule has 3 heterocycles. The van der Waals surface area contributed by atoms with Gasteiger partial charge in [-0.2, -0.15) is 52.7 Å². The SMILES string of the molecule is CN(C)c1cc2nc(c1)C(C)(C)c1cc(c(C(F)(F)F)cc1C(F)(F)F)-c1cc(N(C)C)cc(n1)C(C)(C)c1cc-2c(C(F)(F)F)cc1C(F)(F)F. The van der Waals surface area contributed by atoms with Crippen LogP contribution < -0.4 is 9.80 Å². The van der Waals surface area contributed by atoms with E-state index in [0.29, 0.717) is 12.1 Å². The number of pyridine rings is 2. The van der Waals surface area contributed by atoms with Crippen molar-refractivity contribution in [3.05, 3.63) is 93.3 Å². The van der Waals surface area contributed by atoms with E-state index in [1.807, 2.05) is 0 Å². The molecular weight excluding hydrogens is 716 g/mol. The Morgan fingerprint density at radius 3 is 0.962 bits per heavy atom. The first-order chi connectivity index (χ1) is 23.5. The highest BCUT2D eigenvalue weighted by molar-refractivity contribution is 5.75. The van der Waals surface area contributed by atoms with E-state index >= 15 is 0 Å². The zero-order valence-corrected chi connectivity index (χ0v) is 28.9. The zero-order valence-electron chi connectivity index (χ0n) is 28.9. The average molecular weight is 749 g/mol. The number of anilines is 2. The second-order valence-corrected chi connectivity index (χ2v) is 14.1. The van der Waals surface area contributed by atoms with E-state index < -0.39 is 91.4 Å². The molecule has 1 aliphatic heterocycles. The van der Waals surface area contributed by atoms with Gasteiger partial charge in [0.25, 0.3) is 0 Å². The number of benzene rings is 2. The van der Waals surface area contributed by atoms with Crippen molar-refractivity contribution < 1.29 is 52.7 Å². The quantitative estimate of drug-likeness (QED) is 0.191. The summed E-state index contributed by atoms with van der Waals surface area (Å²) in [5.74, 6) is 0. The van der Waals surface area contributed by atoms with Crippen LogP contribution in [0.3, 0.4) is 0 Å². The largest absolute Gasteiger partial charge is 0.417 e. The topological polar surface area (TPSA) is 32.3 Å². The van der Waals surface area contributed by atoms with Crippen LogP contribution in [0.15, 0.2) is 48.5 Å². The van der Waals surface area contributed by atoms with Gasteiger partial charge in [0.2, 0.25) is 0 Å². The van der Waals surface area contributed by atoms with E-state index in [0.717, 1.165) is 12.1 Å². The third kappa shape index (κ3) is 6.75. The average Bonchev–Trinajstić information content (AvgIpc) is 3.00. The molecule has 0 amide bonds. The first kappa shape index (κ1) is 38.7. The van der Waals surface area contributed by atoms with Gasteiger partial charge in [-0.05, 0) is 59.7 Å². The van der Waals surface area contributed by atoms with Gasteiger partial charge in [-0.3, -0.25) is 9.97 Å². The summed E-state index contributed by atoms with van der Waals surface area (Å²) in [7, 11) is 5.88. The van der Waals surface area contributed by atoms with E-state index in [1.54, 1.807) is 0 Å². The van der Waals surface area contributed by atoms with E-state index in [4.69, 9.17) is 0 Å². The number of aromatic nitrogens is 2. The molecule has 0 fully saturated rings. The maximum absolute atomic E-state index is 14.8. The summed E-state index contributed by atoms with van der Waals surface area (Å²) in [4.78, 5) is 11.5. The summed E-state index contributed by atoms with van der Waals surface area (Å²) in [6.07, 6.45) is -21.4. The molecule has 4 aromatic rings. The van der Waals surface area contributed by atoms with Crippen molar-refractivity contribution in [2.45, 2.75) is 63.2 Å². The fourth-order valence-corrected chi connectivity index (χ4v) is 6.34. The summed E-state index contributed by atoms with van der Waals surface area (Å²) in [6.45, 7) is 4.86. The molecule has 0 saturated carbocycles. The Morgan fingerprint density at radius 2 is 0.712 bits per heavy atom. The second kappa shape index (κ2) is 12.0. The monoisotopic (exact) mass is 748 g/mol. The van der Waals surface area contributed by atoms with Crippen LogP contribution in [0.1, 0.15) is 72.5 Å². The Labute approximate surface area is 291 Å². The highest BCUT2D eigenvalue weighted by atomic mass is 19.4. The lowest BCUT2D eigenvalue weighted by Crippen LogP contribution is -2.29. The Kier molecular flexibility index (Phi) is 8.95. The molecule has 2 aromatic carbocycles. The summed E-state index contributed by atoms with van der Waals surface area (Å²) in [6, 6.07) is 6.09. The number of fused-ring (bicyclic) bond motifs is 10. The fourth-order valence-electron chi connectivity index (χ4n) is 6.34. The van der Waals surface area contributed by atoms with Crippen LogP contribution in [0.5, 0.6) is 0 Å². The maximum atomic E-state index is 14.8. The molecule has 0 saturated heterocycles. The van der Waals surface area contributed by atoms with Gasteiger partial charge < -0.3 is 9.80 Å². The smallest absolute Gasteiger partial charge is 0.378 e. The Morgan fingerprint density at radius 1 is 0.423 bits per heavy atom. The molecule has 1 aliphatic rings. The third-order valence-corrected chi connectivity index (χ3v) is 9.37. The van der Waals surface area contributed by atoms with Gasteiger partial charge in [0, 0.05) is 61.5 Å². The lowest BCUT2D eigenvalue weighted by atomic mass is 9.75. The van der Waals surface area contributed by atoms with Gasteiger partial charge >= 0.3 is 24.7 Å².